The van der Waals surface area contributed by atoms with Gasteiger partial charge in [-0.1, -0.05) is 0 Å². The van der Waals surface area contributed by atoms with Crippen molar-refractivity contribution in [3.8, 4) is 0 Å². The highest BCUT2D eigenvalue weighted by Gasteiger charge is 2.12. The summed E-state index contributed by atoms with van der Waals surface area (Å²) in [6, 6.07) is 9.71. The number of rotatable bonds is 3. The lowest BCUT2D eigenvalue weighted by Crippen LogP contribution is -2.16. The normalized spacial score (nSPS) is 10.4. The number of esters is 1. The molecule has 1 aromatic carbocycles. The number of methoxy groups -OCH3 is 1. The van der Waals surface area contributed by atoms with Gasteiger partial charge in [-0.2, -0.15) is 5.10 Å². The number of nitrogens with zero attached hydrogens (tertiary/aromatic N) is 3. The standard InChI is InChI=1S/C15H12N4O3/c1-22-15(21)10-2-4-11(5-3-10)18-14(20)12-6-8-16-13-7-9-17-19(12)13/h2-9H,1H3,(H,18,20). The summed E-state index contributed by atoms with van der Waals surface area (Å²) in [4.78, 5) is 27.8. The maximum atomic E-state index is 12.3. The van der Waals surface area contributed by atoms with Crippen LogP contribution >= 0.6 is 0 Å². The molecule has 3 rings (SSSR count). The topological polar surface area (TPSA) is 85.6 Å². The van der Waals surface area contributed by atoms with Gasteiger partial charge < -0.3 is 10.1 Å². The van der Waals surface area contributed by atoms with E-state index in [-0.39, 0.29) is 5.91 Å². The van der Waals surface area contributed by atoms with E-state index in [2.05, 4.69) is 20.1 Å². The number of carbonyl (C=O) groups is 2. The van der Waals surface area contributed by atoms with Crippen molar-refractivity contribution in [3.63, 3.8) is 0 Å². The number of hydrogen-bond acceptors (Lipinski definition) is 5. The summed E-state index contributed by atoms with van der Waals surface area (Å²) in [6.45, 7) is 0. The first-order valence-corrected chi connectivity index (χ1v) is 6.47. The van der Waals surface area contributed by atoms with Gasteiger partial charge in [0.15, 0.2) is 5.65 Å². The van der Waals surface area contributed by atoms with Gasteiger partial charge in [0.1, 0.15) is 5.69 Å². The predicted molar refractivity (Wildman–Crippen MR) is 78.7 cm³/mol. The second kappa shape index (κ2) is 5.65. The number of amides is 1. The number of nitrogens with one attached hydrogen (secondary N) is 1. The van der Waals surface area contributed by atoms with Gasteiger partial charge >= 0.3 is 5.97 Å². The van der Waals surface area contributed by atoms with Crippen molar-refractivity contribution in [2.45, 2.75) is 0 Å². The minimum absolute atomic E-state index is 0.318. The van der Waals surface area contributed by atoms with Crippen LogP contribution in [0.25, 0.3) is 5.65 Å². The summed E-state index contributed by atoms with van der Waals surface area (Å²) in [5.74, 6) is -0.743. The summed E-state index contributed by atoms with van der Waals surface area (Å²) in [6.07, 6.45) is 3.12. The van der Waals surface area contributed by atoms with Crippen molar-refractivity contribution in [1.29, 1.82) is 0 Å². The van der Waals surface area contributed by atoms with Gasteiger partial charge in [0.25, 0.3) is 5.91 Å². The molecule has 0 aliphatic rings. The Morgan fingerprint density at radius 1 is 1.09 bits per heavy atom. The van der Waals surface area contributed by atoms with Gasteiger partial charge in [-0.25, -0.2) is 14.3 Å². The van der Waals surface area contributed by atoms with Crippen LogP contribution in [0.3, 0.4) is 0 Å². The highest BCUT2D eigenvalue weighted by molar-refractivity contribution is 6.03. The number of ether oxygens (including phenoxy) is 1. The summed E-state index contributed by atoms with van der Waals surface area (Å²) in [5, 5.41) is 6.81. The molecule has 1 N–H and O–H groups in total. The van der Waals surface area contributed by atoms with E-state index in [1.54, 1.807) is 48.8 Å². The van der Waals surface area contributed by atoms with Crippen molar-refractivity contribution >= 4 is 23.2 Å². The molecule has 0 saturated heterocycles. The molecule has 2 heterocycles. The Bertz CT molecular complexity index is 839. The first-order chi connectivity index (χ1) is 10.7. The minimum Gasteiger partial charge on any atom is -0.465 e. The fourth-order valence-electron chi connectivity index (χ4n) is 2.01. The van der Waals surface area contributed by atoms with E-state index in [1.807, 2.05) is 0 Å². The fourth-order valence-corrected chi connectivity index (χ4v) is 2.01. The molecule has 3 aromatic rings. The maximum Gasteiger partial charge on any atom is 0.337 e. The van der Waals surface area contributed by atoms with Crippen LogP contribution in [0.15, 0.2) is 48.8 Å². The summed E-state index contributed by atoms with van der Waals surface area (Å²) >= 11 is 0. The van der Waals surface area contributed by atoms with Crippen LogP contribution < -0.4 is 5.32 Å². The van der Waals surface area contributed by atoms with Crippen molar-refractivity contribution in [2.24, 2.45) is 0 Å². The Hall–Kier alpha value is -3.22. The van der Waals surface area contributed by atoms with E-state index < -0.39 is 5.97 Å². The monoisotopic (exact) mass is 296 g/mol. The largest absolute Gasteiger partial charge is 0.465 e. The number of fused-ring (bicyclic) bond motifs is 1. The number of hydrogen-bond donors (Lipinski definition) is 1. The molecule has 0 bridgehead atoms. The first-order valence-electron chi connectivity index (χ1n) is 6.47. The van der Waals surface area contributed by atoms with Crippen molar-refractivity contribution in [2.75, 3.05) is 12.4 Å². The molecule has 0 saturated carbocycles. The Balaban J connectivity index is 1.82. The van der Waals surface area contributed by atoms with Crippen LogP contribution in [0.1, 0.15) is 20.8 Å². The quantitative estimate of drug-likeness (QED) is 0.744. The second-order valence-corrected chi connectivity index (χ2v) is 4.45. The molecule has 110 valence electrons. The fraction of sp³-hybridized carbons (Fsp3) is 0.0667. The summed E-state index contributed by atoms with van der Waals surface area (Å²) in [5.41, 5.74) is 1.94. The molecule has 0 atom stereocenters. The van der Waals surface area contributed by atoms with Crippen molar-refractivity contribution in [1.82, 2.24) is 14.6 Å². The van der Waals surface area contributed by atoms with E-state index in [0.29, 0.717) is 22.6 Å². The molecule has 0 aliphatic carbocycles. The van der Waals surface area contributed by atoms with Gasteiger partial charge in [-0.05, 0) is 30.3 Å². The van der Waals surface area contributed by atoms with E-state index in [1.165, 1.54) is 11.6 Å². The lowest BCUT2D eigenvalue weighted by Gasteiger charge is -2.07. The second-order valence-electron chi connectivity index (χ2n) is 4.45. The average molecular weight is 296 g/mol. The van der Waals surface area contributed by atoms with Crippen LogP contribution in [0.4, 0.5) is 5.69 Å². The molecule has 1 amide bonds. The molecule has 2 aromatic heterocycles. The number of carbonyl (C=O) groups excluding carboxylic acids is 2. The Labute approximate surface area is 125 Å². The van der Waals surface area contributed by atoms with Gasteiger partial charge in [-0.3, -0.25) is 4.79 Å². The van der Waals surface area contributed by atoms with E-state index in [0.717, 1.165) is 0 Å². The number of aromatic nitrogens is 3. The highest BCUT2D eigenvalue weighted by atomic mass is 16.5. The molecular weight excluding hydrogens is 284 g/mol. The maximum absolute atomic E-state index is 12.3. The minimum atomic E-state index is -0.426. The van der Waals surface area contributed by atoms with Crippen molar-refractivity contribution in [3.05, 3.63) is 60.0 Å². The smallest absolute Gasteiger partial charge is 0.337 e. The van der Waals surface area contributed by atoms with Gasteiger partial charge in [0.2, 0.25) is 0 Å². The molecule has 22 heavy (non-hydrogen) atoms. The van der Waals surface area contributed by atoms with E-state index in [4.69, 9.17) is 0 Å². The predicted octanol–water partition coefficient (Wildman–Crippen LogP) is 1.77. The third-order valence-corrected chi connectivity index (χ3v) is 3.09. The molecule has 0 fully saturated rings. The summed E-state index contributed by atoms with van der Waals surface area (Å²) in [7, 11) is 1.32. The van der Waals surface area contributed by atoms with E-state index in [9.17, 15) is 9.59 Å². The number of anilines is 1. The van der Waals surface area contributed by atoms with Crippen molar-refractivity contribution < 1.29 is 14.3 Å². The average Bonchev–Trinajstić information content (AvgIpc) is 3.03. The lowest BCUT2D eigenvalue weighted by atomic mass is 10.2. The SMILES string of the molecule is COC(=O)c1ccc(NC(=O)c2ccnc3ccnn23)cc1. The van der Waals surface area contributed by atoms with Crippen LogP contribution in [-0.4, -0.2) is 33.6 Å². The highest BCUT2D eigenvalue weighted by Crippen LogP contribution is 2.12. The Kier molecular flexibility index (Phi) is 3.53. The molecule has 0 radical (unpaired) electrons. The van der Waals surface area contributed by atoms with Crippen LogP contribution in [0.5, 0.6) is 0 Å². The zero-order chi connectivity index (χ0) is 15.5. The molecular formula is C15H12N4O3. The van der Waals surface area contributed by atoms with Gasteiger partial charge in [0.05, 0.1) is 18.9 Å². The van der Waals surface area contributed by atoms with Crippen LogP contribution in [-0.2, 0) is 4.74 Å². The Morgan fingerprint density at radius 2 is 1.86 bits per heavy atom. The van der Waals surface area contributed by atoms with Crippen LogP contribution in [0.2, 0.25) is 0 Å². The molecule has 7 heteroatoms. The molecule has 0 spiro atoms. The molecule has 0 aliphatic heterocycles. The third kappa shape index (κ3) is 2.51. The molecule has 7 nitrogen and oxygen atoms in total. The first kappa shape index (κ1) is 13.7. The zero-order valence-corrected chi connectivity index (χ0v) is 11.7. The number of benzene rings is 1. The van der Waals surface area contributed by atoms with Gasteiger partial charge in [-0.15, -0.1) is 0 Å². The zero-order valence-electron chi connectivity index (χ0n) is 11.7. The van der Waals surface area contributed by atoms with Crippen LogP contribution in [0, 0.1) is 0 Å². The lowest BCUT2D eigenvalue weighted by molar-refractivity contribution is 0.0600. The summed E-state index contributed by atoms with van der Waals surface area (Å²) < 4.78 is 6.08. The molecule has 0 unspecified atom stereocenters. The third-order valence-electron chi connectivity index (χ3n) is 3.09. The van der Waals surface area contributed by atoms with E-state index >= 15 is 0 Å². The Morgan fingerprint density at radius 3 is 2.59 bits per heavy atom. The van der Waals surface area contributed by atoms with Gasteiger partial charge in [0, 0.05) is 18.0 Å².